The summed E-state index contributed by atoms with van der Waals surface area (Å²) in [5.41, 5.74) is 3.03. The molecule has 1 aliphatic rings. The fourth-order valence-corrected chi connectivity index (χ4v) is 4.86. The Balaban J connectivity index is 1.70. The van der Waals surface area contributed by atoms with E-state index in [1.807, 2.05) is 39.0 Å². The Kier molecular flexibility index (Phi) is 7.55. The van der Waals surface area contributed by atoms with Crippen molar-refractivity contribution < 1.29 is 19.1 Å². The molecule has 31 heavy (non-hydrogen) atoms. The van der Waals surface area contributed by atoms with Crippen molar-refractivity contribution in [1.82, 2.24) is 4.90 Å². The molecule has 0 aliphatic carbocycles. The van der Waals surface area contributed by atoms with Gasteiger partial charge in [-0.1, -0.05) is 29.8 Å². The van der Waals surface area contributed by atoms with E-state index in [4.69, 9.17) is 21.1 Å². The zero-order valence-electron chi connectivity index (χ0n) is 18.4. The first-order valence-corrected chi connectivity index (χ1v) is 11.7. The number of nitrogens with zero attached hydrogens (tertiary/aromatic N) is 1. The molecule has 1 amide bonds. The van der Waals surface area contributed by atoms with Gasteiger partial charge in [-0.05, 0) is 68.5 Å². The molecule has 1 heterocycles. The van der Waals surface area contributed by atoms with Gasteiger partial charge >= 0.3 is 12.1 Å². The number of hydrogen-bond acceptors (Lipinski definition) is 5. The van der Waals surface area contributed by atoms with Crippen LogP contribution < -0.4 is 4.74 Å². The average molecular weight is 462 g/mol. The summed E-state index contributed by atoms with van der Waals surface area (Å²) in [6.45, 7) is 8.26. The topological polar surface area (TPSA) is 55.8 Å². The van der Waals surface area contributed by atoms with E-state index in [-0.39, 0.29) is 12.1 Å². The monoisotopic (exact) mass is 461 g/mol. The van der Waals surface area contributed by atoms with Gasteiger partial charge in [0.1, 0.15) is 11.4 Å². The van der Waals surface area contributed by atoms with Gasteiger partial charge in [0.25, 0.3) is 0 Å². The first-order valence-electron chi connectivity index (χ1n) is 10.3. The lowest BCUT2D eigenvalue weighted by Crippen LogP contribution is -2.38. The summed E-state index contributed by atoms with van der Waals surface area (Å²) in [6.07, 6.45) is 1.24. The van der Waals surface area contributed by atoms with Crippen molar-refractivity contribution in [2.75, 3.05) is 13.1 Å². The Hall–Kier alpha value is -2.18. The van der Waals surface area contributed by atoms with Crippen molar-refractivity contribution in [2.24, 2.45) is 0 Å². The molecule has 0 aromatic heterocycles. The molecule has 2 aromatic carbocycles. The van der Waals surface area contributed by atoms with Crippen LogP contribution >= 0.6 is 23.4 Å². The van der Waals surface area contributed by atoms with Crippen LogP contribution in [0.2, 0.25) is 5.02 Å². The zero-order valence-corrected chi connectivity index (χ0v) is 19.9. The van der Waals surface area contributed by atoms with E-state index in [0.717, 1.165) is 34.1 Å². The van der Waals surface area contributed by atoms with Crippen LogP contribution in [0, 0.1) is 0 Å². The van der Waals surface area contributed by atoms with Gasteiger partial charge in [-0.15, -0.1) is 11.8 Å². The van der Waals surface area contributed by atoms with Crippen LogP contribution in [0.4, 0.5) is 4.79 Å². The SMILES string of the molecule is CC(=O)Oc1ccc(CSc2c(Cl)ccc3c2CCN(C(=O)OC(C)(C)C)CC3)cc1. The Labute approximate surface area is 193 Å². The Morgan fingerprint density at radius 2 is 1.74 bits per heavy atom. The minimum Gasteiger partial charge on any atom is -0.444 e. The average Bonchev–Trinajstić information content (AvgIpc) is 2.89. The van der Waals surface area contributed by atoms with Gasteiger partial charge in [0.05, 0.1) is 5.02 Å². The number of carbonyl (C=O) groups excluding carboxylic acids is 2. The fourth-order valence-electron chi connectivity index (χ4n) is 3.40. The highest BCUT2D eigenvalue weighted by molar-refractivity contribution is 7.98. The third-order valence-electron chi connectivity index (χ3n) is 4.81. The fraction of sp³-hybridized carbons (Fsp3) is 0.417. The number of benzene rings is 2. The number of halogens is 1. The third-order valence-corrected chi connectivity index (χ3v) is 6.47. The standard InChI is InChI=1S/C24H28ClNO4S/c1-16(27)29-19-8-5-17(6-9-19)15-31-22-20-12-14-26(23(28)30-24(2,3)4)13-11-18(20)7-10-21(22)25/h5-10H,11-15H2,1-4H3. The van der Waals surface area contributed by atoms with Crippen molar-refractivity contribution in [2.45, 2.75) is 56.8 Å². The predicted molar refractivity (Wildman–Crippen MR) is 124 cm³/mol. The summed E-state index contributed by atoms with van der Waals surface area (Å²) in [7, 11) is 0. The van der Waals surface area contributed by atoms with E-state index in [1.54, 1.807) is 28.8 Å². The number of hydrogen-bond donors (Lipinski definition) is 0. The second-order valence-corrected chi connectivity index (χ2v) is 9.90. The molecule has 7 heteroatoms. The van der Waals surface area contributed by atoms with Crippen molar-refractivity contribution in [1.29, 1.82) is 0 Å². The lowest BCUT2D eigenvalue weighted by atomic mass is 10.0. The van der Waals surface area contributed by atoms with Gasteiger partial charge in [0.2, 0.25) is 0 Å². The minimum absolute atomic E-state index is 0.270. The largest absolute Gasteiger partial charge is 0.444 e. The van der Waals surface area contributed by atoms with Crippen molar-refractivity contribution >= 4 is 35.4 Å². The summed E-state index contributed by atoms with van der Waals surface area (Å²) < 4.78 is 10.6. The molecule has 0 spiro atoms. The normalized spacial score (nSPS) is 13.9. The van der Waals surface area contributed by atoms with Gasteiger partial charge in [0.15, 0.2) is 0 Å². The van der Waals surface area contributed by atoms with Gasteiger partial charge in [-0.25, -0.2) is 4.79 Å². The molecule has 0 N–H and O–H groups in total. The maximum atomic E-state index is 12.5. The number of thioether (sulfide) groups is 1. The first-order chi connectivity index (χ1) is 14.6. The number of esters is 1. The number of rotatable bonds is 4. The quantitative estimate of drug-likeness (QED) is 0.322. The molecular formula is C24H28ClNO4S. The Morgan fingerprint density at radius 3 is 2.39 bits per heavy atom. The molecule has 0 atom stereocenters. The molecule has 0 saturated heterocycles. The molecule has 0 bridgehead atoms. The highest BCUT2D eigenvalue weighted by atomic mass is 35.5. The molecule has 0 unspecified atom stereocenters. The van der Waals surface area contributed by atoms with Gasteiger partial charge in [-0.2, -0.15) is 0 Å². The summed E-state index contributed by atoms with van der Waals surface area (Å²) in [6, 6.07) is 11.5. The molecule has 2 aromatic rings. The smallest absolute Gasteiger partial charge is 0.410 e. The van der Waals surface area contributed by atoms with Crippen LogP contribution in [-0.2, 0) is 28.1 Å². The summed E-state index contributed by atoms with van der Waals surface area (Å²) in [5.74, 6) is 0.947. The number of ether oxygens (including phenoxy) is 2. The highest BCUT2D eigenvalue weighted by Gasteiger charge is 2.25. The Bertz CT molecular complexity index is 953. The van der Waals surface area contributed by atoms with Gasteiger partial charge in [0, 0.05) is 30.7 Å². The lowest BCUT2D eigenvalue weighted by molar-refractivity contribution is -0.131. The molecule has 1 aliphatic heterocycles. The van der Waals surface area contributed by atoms with Crippen LogP contribution in [0.5, 0.6) is 5.75 Å². The van der Waals surface area contributed by atoms with Crippen LogP contribution in [0.3, 0.4) is 0 Å². The van der Waals surface area contributed by atoms with Crippen LogP contribution in [-0.4, -0.2) is 35.7 Å². The first kappa shape index (κ1) is 23.5. The molecule has 3 rings (SSSR count). The van der Waals surface area contributed by atoms with Gasteiger partial charge < -0.3 is 14.4 Å². The van der Waals surface area contributed by atoms with E-state index < -0.39 is 5.60 Å². The number of carbonyl (C=O) groups is 2. The van der Waals surface area contributed by atoms with E-state index in [2.05, 4.69) is 6.07 Å². The second-order valence-electron chi connectivity index (χ2n) is 8.51. The Morgan fingerprint density at radius 1 is 1.06 bits per heavy atom. The lowest BCUT2D eigenvalue weighted by Gasteiger charge is -2.26. The van der Waals surface area contributed by atoms with Crippen LogP contribution in [0.1, 0.15) is 44.4 Å². The molecule has 166 valence electrons. The number of fused-ring (bicyclic) bond motifs is 1. The van der Waals surface area contributed by atoms with Crippen molar-refractivity contribution in [3.8, 4) is 5.75 Å². The minimum atomic E-state index is -0.508. The zero-order chi connectivity index (χ0) is 22.6. The van der Waals surface area contributed by atoms with Crippen molar-refractivity contribution in [3.63, 3.8) is 0 Å². The number of amides is 1. The predicted octanol–water partition coefficient (Wildman–Crippen LogP) is 5.89. The maximum absolute atomic E-state index is 12.5. The van der Waals surface area contributed by atoms with Crippen LogP contribution in [0.25, 0.3) is 0 Å². The highest BCUT2D eigenvalue weighted by Crippen LogP contribution is 2.36. The van der Waals surface area contributed by atoms with Crippen LogP contribution in [0.15, 0.2) is 41.3 Å². The van der Waals surface area contributed by atoms with E-state index in [9.17, 15) is 9.59 Å². The molecule has 0 saturated carbocycles. The third kappa shape index (κ3) is 6.65. The summed E-state index contributed by atoms with van der Waals surface area (Å²) >= 11 is 8.25. The van der Waals surface area contributed by atoms with E-state index in [0.29, 0.717) is 18.8 Å². The summed E-state index contributed by atoms with van der Waals surface area (Å²) in [5, 5.41) is 0.728. The van der Waals surface area contributed by atoms with E-state index >= 15 is 0 Å². The van der Waals surface area contributed by atoms with E-state index in [1.165, 1.54) is 18.1 Å². The molecule has 0 radical (unpaired) electrons. The molecule has 0 fully saturated rings. The summed E-state index contributed by atoms with van der Waals surface area (Å²) in [4.78, 5) is 26.4. The molecular weight excluding hydrogens is 434 g/mol. The molecule has 5 nitrogen and oxygen atoms in total. The maximum Gasteiger partial charge on any atom is 0.410 e. The van der Waals surface area contributed by atoms with Gasteiger partial charge in [-0.3, -0.25) is 4.79 Å². The van der Waals surface area contributed by atoms with Crippen molar-refractivity contribution in [3.05, 3.63) is 58.1 Å². The second kappa shape index (κ2) is 9.96.